The van der Waals surface area contributed by atoms with Crippen molar-refractivity contribution in [1.82, 2.24) is 0 Å². The topological polar surface area (TPSA) is 44.5 Å². The first-order valence-corrected chi connectivity index (χ1v) is 7.39. The fraction of sp³-hybridized carbons (Fsp3) is 0.625. The number of nitrogens with two attached hydrogens (primary N) is 1. The summed E-state index contributed by atoms with van der Waals surface area (Å²) in [5, 5.41) is 0. The lowest BCUT2D eigenvalue weighted by atomic mass is 9.87. The van der Waals surface area contributed by atoms with Gasteiger partial charge in [0.15, 0.2) is 0 Å². The molecule has 0 amide bonds. The molecule has 1 aromatic rings. The third kappa shape index (κ3) is 2.77. The first-order chi connectivity index (χ1) is 9.24. The van der Waals surface area contributed by atoms with E-state index in [1.54, 1.807) is 0 Å². The predicted molar refractivity (Wildman–Crippen MR) is 75.4 cm³/mol. The number of hydrogen-bond acceptors (Lipinski definition) is 3. The Kier molecular flexibility index (Phi) is 3.76. The van der Waals surface area contributed by atoms with Crippen molar-refractivity contribution in [2.24, 2.45) is 5.73 Å². The van der Waals surface area contributed by atoms with Crippen LogP contribution in [0.2, 0.25) is 0 Å². The van der Waals surface area contributed by atoms with E-state index < -0.39 is 0 Å². The van der Waals surface area contributed by atoms with Gasteiger partial charge in [-0.3, -0.25) is 0 Å². The van der Waals surface area contributed by atoms with Gasteiger partial charge in [-0.1, -0.05) is 12.1 Å². The van der Waals surface area contributed by atoms with Gasteiger partial charge >= 0.3 is 0 Å². The highest BCUT2D eigenvalue weighted by atomic mass is 16.5. The Bertz CT molecular complexity index is 446. The average molecular weight is 261 g/mol. The highest BCUT2D eigenvalue weighted by Gasteiger charge is 2.24. The van der Waals surface area contributed by atoms with Crippen LogP contribution in [0.4, 0.5) is 0 Å². The van der Waals surface area contributed by atoms with Crippen LogP contribution < -0.4 is 10.5 Å². The number of hydrogen-bond donors (Lipinski definition) is 1. The van der Waals surface area contributed by atoms with Gasteiger partial charge < -0.3 is 15.2 Å². The summed E-state index contributed by atoms with van der Waals surface area (Å²) in [6.45, 7) is 2.79. The quantitative estimate of drug-likeness (QED) is 0.909. The maximum absolute atomic E-state index is 6.17. The second-order valence-electron chi connectivity index (χ2n) is 5.78. The third-order valence-electron chi connectivity index (χ3n) is 4.26. The van der Waals surface area contributed by atoms with Crippen molar-refractivity contribution in [2.75, 3.05) is 6.61 Å². The summed E-state index contributed by atoms with van der Waals surface area (Å²) in [5.41, 5.74) is 8.75. The van der Waals surface area contributed by atoms with Gasteiger partial charge in [0.25, 0.3) is 0 Å². The van der Waals surface area contributed by atoms with Crippen LogP contribution in [0.5, 0.6) is 5.75 Å². The zero-order valence-electron chi connectivity index (χ0n) is 11.6. The van der Waals surface area contributed by atoms with E-state index in [-0.39, 0.29) is 12.1 Å². The fourth-order valence-electron chi connectivity index (χ4n) is 3.18. The van der Waals surface area contributed by atoms with Crippen molar-refractivity contribution in [3.05, 3.63) is 29.3 Å². The van der Waals surface area contributed by atoms with E-state index in [2.05, 4.69) is 25.1 Å². The number of ether oxygens (including phenoxy) is 2. The van der Waals surface area contributed by atoms with Crippen molar-refractivity contribution >= 4 is 0 Å². The maximum atomic E-state index is 6.17. The van der Waals surface area contributed by atoms with Crippen LogP contribution in [0.1, 0.15) is 49.8 Å². The third-order valence-corrected chi connectivity index (χ3v) is 4.26. The predicted octanol–water partition coefficient (Wildman–Crippen LogP) is 2.97. The molecule has 0 bridgehead atoms. The Balaban J connectivity index is 1.69. The molecule has 1 aromatic carbocycles. The summed E-state index contributed by atoms with van der Waals surface area (Å²) < 4.78 is 11.8. The van der Waals surface area contributed by atoms with E-state index in [1.807, 2.05) is 0 Å². The molecule has 0 spiro atoms. The number of rotatable bonds is 3. The molecule has 3 heteroatoms. The van der Waals surface area contributed by atoms with Crippen LogP contribution in [0.25, 0.3) is 0 Å². The standard InChI is InChI=1S/C16H23NO2/c1-11-8-9-12(19-11)10-18-16-7-3-4-13-14(16)5-2-6-15(13)17/h3-4,7,11-12,15H,2,5-6,8-10,17H2,1H3. The molecule has 1 saturated heterocycles. The summed E-state index contributed by atoms with van der Waals surface area (Å²) in [6, 6.07) is 6.43. The molecule has 1 heterocycles. The second-order valence-corrected chi connectivity index (χ2v) is 5.78. The molecule has 1 fully saturated rings. The molecule has 3 unspecified atom stereocenters. The first kappa shape index (κ1) is 12.9. The molecule has 1 aliphatic heterocycles. The summed E-state index contributed by atoms with van der Waals surface area (Å²) in [5.74, 6) is 1.01. The van der Waals surface area contributed by atoms with Crippen LogP contribution in [-0.2, 0) is 11.2 Å². The van der Waals surface area contributed by atoms with E-state index in [0.29, 0.717) is 12.7 Å². The van der Waals surface area contributed by atoms with E-state index in [0.717, 1.165) is 37.9 Å². The molecule has 3 atom stereocenters. The first-order valence-electron chi connectivity index (χ1n) is 7.39. The lowest BCUT2D eigenvalue weighted by molar-refractivity contribution is 0.0262. The molecule has 19 heavy (non-hydrogen) atoms. The largest absolute Gasteiger partial charge is 0.491 e. The lowest BCUT2D eigenvalue weighted by Crippen LogP contribution is -2.21. The Labute approximate surface area is 115 Å². The van der Waals surface area contributed by atoms with Crippen LogP contribution in [0, 0.1) is 0 Å². The summed E-state index contributed by atoms with van der Waals surface area (Å²) >= 11 is 0. The van der Waals surface area contributed by atoms with Crippen molar-refractivity contribution < 1.29 is 9.47 Å². The zero-order valence-corrected chi connectivity index (χ0v) is 11.6. The van der Waals surface area contributed by atoms with Gasteiger partial charge in [0, 0.05) is 6.04 Å². The molecule has 3 nitrogen and oxygen atoms in total. The van der Waals surface area contributed by atoms with E-state index in [4.69, 9.17) is 15.2 Å². The lowest BCUT2D eigenvalue weighted by Gasteiger charge is -2.25. The Hall–Kier alpha value is -1.06. The molecule has 0 aromatic heterocycles. The van der Waals surface area contributed by atoms with E-state index >= 15 is 0 Å². The van der Waals surface area contributed by atoms with Crippen molar-refractivity contribution in [1.29, 1.82) is 0 Å². The summed E-state index contributed by atoms with van der Waals surface area (Å²) in [4.78, 5) is 0. The van der Waals surface area contributed by atoms with Crippen molar-refractivity contribution in [3.8, 4) is 5.75 Å². The molecular weight excluding hydrogens is 238 g/mol. The Morgan fingerprint density at radius 3 is 3.00 bits per heavy atom. The molecule has 1 aliphatic carbocycles. The van der Waals surface area contributed by atoms with Gasteiger partial charge in [0.05, 0.1) is 12.2 Å². The highest BCUT2D eigenvalue weighted by molar-refractivity contribution is 5.43. The zero-order chi connectivity index (χ0) is 13.2. The smallest absolute Gasteiger partial charge is 0.122 e. The highest BCUT2D eigenvalue weighted by Crippen LogP contribution is 2.34. The molecule has 2 N–H and O–H groups in total. The molecule has 0 saturated carbocycles. The van der Waals surface area contributed by atoms with Crippen LogP contribution in [-0.4, -0.2) is 18.8 Å². The van der Waals surface area contributed by atoms with Crippen LogP contribution in [0.15, 0.2) is 18.2 Å². The Morgan fingerprint density at radius 2 is 2.21 bits per heavy atom. The normalized spacial score (nSPS) is 30.1. The van der Waals surface area contributed by atoms with Crippen LogP contribution in [0.3, 0.4) is 0 Å². The van der Waals surface area contributed by atoms with Gasteiger partial charge in [-0.2, -0.15) is 0 Å². The van der Waals surface area contributed by atoms with E-state index in [9.17, 15) is 0 Å². The average Bonchev–Trinajstić information content (AvgIpc) is 2.83. The molecule has 3 rings (SSSR count). The SMILES string of the molecule is CC1CCC(COc2cccc3c2CCCC3N)O1. The molecule has 2 aliphatic rings. The van der Waals surface area contributed by atoms with Crippen LogP contribution >= 0.6 is 0 Å². The number of benzene rings is 1. The van der Waals surface area contributed by atoms with Gasteiger partial charge in [0.1, 0.15) is 12.4 Å². The molecular formula is C16H23NO2. The second kappa shape index (κ2) is 5.51. The van der Waals surface area contributed by atoms with Gasteiger partial charge in [-0.05, 0) is 56.2 Å². The van der Waals surface area contributed by atoms with Crippen molar-refractivity contribution in [3.63, 3.8) is 0 Å². The minimum Gasteiger partial charge on any atom is -0.491 e. The molecule has 0 radical (unpaired) electrons. The summed E-state index contributed by atoms with van der Waals surface area (Å²) in [6.07, 6.45) is 6.21. The Morgan fingerprint density at radius 1 is 1.32 bits per heavy atom. The molecule has 104 valence electrons. The maximum Gasteiger partial charge on any atom is 0.122 e. The minimum absolute atomic E-state index is 0.176. The van der Waals surface area contributed by atoms with Gasteiger partial charge in [0.2, 0.25) is 0 Å². The monoisotopic (exact) mass is 261 g/mol. The number of fused-ring (bicyclic) bond motifs is 1. The van der Waals surface area contributed by atoms with Crippen molar-refractivity contribution in [2.45, 2.75) is 57.3 Å². The fourth-order valence-corrected chi connectivity index (χ4v) is 3.18. The summed E-state index contributed by atoms with van der Waals surface area (Å²) in [7, 11) is 0. The van der Waals surface area contributed by atoms with Gasteiger partial charge in [-0.25, -0.2) is 0 Å². The minimum atomic E-state index is 0.176. The van der Waals surface area contributed by atoms with E-state index in [1.165, 1.54) is 11.1 Å². The van der Waals surface area contributed by atoms with Gasteiger partial charge in [-0.15, -0.1) is 0 Å².